The van der Waals surface area contributed by atoms with Gasteiger partial charge in [0.05, 0.1) is 36.0 Å². The van der Waals surface area contributed by atoms with Crippen molar-refractivity contribution in [3.8, 4) is 22.8 Å². The van der Waals surface area contributed by atoms with Crippen molar-refractivity contribution in [1.29, 1.82) is 0 Å². The molecule has 2 saturated heterocycles. The number of amides is 4. The van der Waals surface area contributed by atoms with E-state index >= 15 is 0 Å². The number of piperidine rings is 1. The molecule has 0 radical (unpaired) electrons. The van der Waals surface area contributed by atoms with Crippen LogP contribution in [0.1, 0.15) is 74.8 Å². The highest BCUT2D eigenvalue weighted by Gasteiger charge is 2.62. The number of hydrogen-bond acceptors (Lipinski definition) is 9. The van der Waals surface area contributed by atoms with Gasteiger partial charge >= 0.3 is 0 Å². The van der Waals surface area contributed by atoms with Crippen LogP contribution in [0.2, 0.25) is 0 Å². The molecule has 4 amide bonds. The number of nitrogens with one attached hydrogen (secondary N) is 2. The minimum absolute atomic E-state index is 0.0200. The SMILES string of the molecule is [2H]C1([2H])CCCN(C(=O)C[C@H](C(=O)N2C[C@H](Oc3cc(-c4ccccc4)nc4cc(OC)ccc34)C[C@H]2C(=O)N[C@]2(C(=O)NS(=O)(=O)C3CC3)C[C@H]2C=C)C(C)(C)C)C1. The van der Waals surface area contributed by atoms with Crippen LogP contribution in [0, 0.1) is 17.3 Å². The van der Waals surface area contributed by atoms with Crippen molar-refractivity contribution < 1.29 is 39.8 Å². The van der Waals surface area contributed by atoms with Gasteiger partial charge in [-0.15, -0.1) is 6.58 Å². The van der Waals surface area contributed by atoms with Crippen molar-refractivity contribution in [3.05, 3.63) is 67.3 Å². The Morgan fingerprint density at radius 3 is 2.49 bits per heavy atom. The highest BCUT2D eigenvalue weighted by atomic mass is 32.2. The van der Waals surface area contributed by atoms with E-state index < -0.39 is 74.3 Å². The lowest BCUT2D eigenvalue weighted by atomic mass is 9.77. The Labute approximate surface area is 337 Å². The van der Waals surface area contributed by atoms with E-state index in [0.717, 1.165) is 5.56 Å². The molecule has 0 spiro atoms. The fraction of sp³-hybridized carbons (Fsp3) is 0.512. The number of fused-ring (bicyclic) bond motifs is 1. The molecule has 2 N–H and O–H groups in total. The zero-order valence-electron chi connectivity index (χ0n) is 35.0. The average molecular weight is 802 g/mol. The Morgan fingerprint density at radius 1 is 1.09 bits per heavy atom. The number of sulfonamides is 1. The molecule has 3 heterocycles. The van der Waals surface area contributed by atoms with E-state index in [1.807, 2.05) is 63.2 Å². The molecule has 0 bridgehead atoms. The number of pyridine rings is 1. The normalized spacial score (nSPS) is 25.4. The number of likely N-dealkylation sites (tertiary alicyclic amines) is 2. The van der Waals surface area contributed by atoms with Crippen LogP contribution in [-0.2, 0) is 29.2 Å². The van der Waals surface area contributed by atoms with Gasteiger partial charge in [0.25, 0.3) is 5.91 Å². The molecule has 4 aliphatic rings. The number of nitrogens with zero attached hydrogens (tertiary/aromatic N) is 3. The summed E-state index contributed by atoms with van der Waals surface area (Å²) in [4.78, 5) is 64.7. The first-order chi connectivity index (χ1) is 27.8. The van der Waals surface area contributed by atoms with Crippen LogP contribution in [0.3, 0.4) is 0 Å². The number of hydrogen-bond donors (Lipinski definition) is 2. The lowest BCUT2D eigenvalue weighted by Crippen LogP contribution is -2.57. The molecule has 4 fully saturated rings. The van der Waals surface area contributed by atoms with E-state index in [0.29, 0.717) is 60.3 Å². The van der Waals surface area contributed by atoms with E-state index in [9.17, 15) is 27.6 Å². The van der Waals surface area contributed by atoms with Gasteiger partial charge in [-0.3, -0.25) is 23.9 Å². The van der Waals surface area contributed by atoms with Crippen LogP contribution in [0.15, 0.2) is 67.3 Å². The Bertz CT molecular complexity index is 2260. The maximum Gasteiger partial charge on any atom is 0.259 e. The molecule has 2 aliphatic carbocycles. The van der Waals surface area contributed by atoms with Crippen LogP contribution < -0.4 is 19.5 Å². The van der Waals surface area contributed by atoms with Crippen molar-refractivity contribution in [1.82, 2.24) is 24.8 Å². The lowest BCUT2D eigenvalue weighted by Gasteiger charge is -2.36. The smallest absolute Gasteiger partial charge is 0.259 e. The molecule has 0 unspecified atom stereocenters. The average Bonchev–Trinajstić information content (AvgIpc) is 4.12. The van der Waals surface area contributed by atoms with Crippen molar-refractivity contribution in [2.24, 2.45) is 17.3 Å². The molecular weight excluding hydrogens is 747 g/mol. The fourth-order valence-electron chi connectivity index (χ4n) is 7.90. The molecule has 1 aromatic heterocycles. The van der Waals surface area contributed by atoms with Gasteiger partial charge in [-0.05, 0) is 56.0 Å². The summed E-state index contributed by atoms with van der Waals surface area (Å²) >= 11 is 0. The van der Waals surface area contributed by atoms with Crippen LogP contribution in [0.5, 0.6) is 11.5 Å². The minimum atomic E-state index is -3.93. The third-order valence-electron chi connectivity index (χ3n) is 11.6. The third-order valence-corrected chi connectivity index (χ3v) is 13.4. The second kappa shape index (κ2) is 15.8. The molecule has 57 heavy (non-hydrogen) atoms. The second-order valence-electron chi connectivity index (χ2n) is 16.7. The number of carbonyl (C=O) groups excluding carboxylic acids is 4. The van der Waals surface area contributed by atoms with Crippen molar-refractivity contribution in [3.63, 3.8) is 0 Å². The van der Waals surface area contributed by atoms with Gasteiger partial charge in [0, 0.05) is 57.7 Å². The Morgan fingerprint density at radius 2 is 1.84 bits per heavy atom. The first-order valence-corrected chi connectivity index (χ1v) is 21.2. The summed E-state index contributed by atoms with van der Waals surface area (Å²) in [6.45, 7) is 9.62. The van der Waals surface area contributed by atoms with Crippen LogP contribution >= 0.6 is 0 Å². The molecule has 304 valence electrons. The molecule has 2 aromatic carbocycles. The van der Waals surface area contributed by atoms with Gasteiger partial charge in [-0.1, -0.05) is 57.2 Å². The fourth-order valence-corrected chi connectivity index (χ4v) is 9.26. The predicted molar refractivity (Wildman–Crippen MR) is 216 cm³/mol. The number of aromatic nitrogens is 1. The first-order valence-electron chi connectivity index (χ1n) is 20.6. The van der Waals surface area contributed by atoms with Crippen molar-refractivity contribution in [2.45, 2.75) is 95.0 Å². The maximum atomic E-state index is 14.9. The van der Waals surface area contributed by atoms with Crippen LogP contribution in [-0.4, -0.2) is 96.5 Å². The summed E-state index contributed by atoms with van der Waals surface area (Å²) in [5.41, 5.74) is -0.252. The van der Waals surface area contributed by atoms with Gasteiger partial charge in [-0.2, -0.15) is 0 Å². The van der Waals surface area contributed by atoms with E-state index in [2.05, 4.69) is 16.6 Å². The number of ether oxygens (including phenoxy) is 2. The number of carbonyl (C=O) groups is 4. The molecule has 14 heteroatoms. The molecular formula is C43H53N5O8S. The molecule has 5 atom stereocenters. The molecule has 2 aliphatic heterocycles. The van der Waals surface area contributed by atoms with E-state index in [4.69, 9.17) is 17.2 Å². The van der Waals surface area contributed by atoms with Gasteiger partial charge in [0.1, 0.15) is 29.2 Å². The number of rotatable bonds is 13. The van der Waals surface area contributed by atoms with Gasteiger partial charge in [0.15, 0.2) is 0 Å². The van der Waals surface area contributed by atoms with Crippen molar-refractivity contribution >= 4 is 44.6 Å². The maximum absolute atomic E-state index is 14.9. The van der Waals surface area contributed by atoms with E-state index in [1.165, 1.54) is 15.9 Å². The summed E-state index contributed by atoms with van der Waals surface area (Å²) in [6.07, 6.45) is 0.936. The highest BCUT2D eigenvalue weighted by molar-refractivity contribution is 7.91. The van der Waals surface area contributed by atoms with Gasteiger partial charge in [-0.25, -0.2) is 13.4 Å². The monoisotopic (exact) mass is 801 g/mol. The zero-order valence-corrected chi connectivity index (χ0v) is 33.8. The predicted octanol–water partition coefficient (Wildman–Crippen LogP) is 4.99. The van der Waals surface area contributed by atoms with Crippen molar-refractivity contribution in [2.75, 3.05) is 26.7 Å². The van der Waals surface area contributed by atoms with Gasteiger partial charge < -0.3 is 24.6 Å². The third kappa shape index (κ3) is 8.51. The summed E-state index contributed by atoms with van der Waals surface area (Å²) in [6, 6.07) is 15.6. The summed E-state index contributed by atoms with van der Waals surface area (Å²) in [5.74, 6) is -2.70. The first kappa shape index (κ1) is 37.6. The lowest BCUT2D eigenvalue weighted by molar-refractivity contribution is -0.148. The quantitative estimate of drug-likeness (QED) is 0.227. The minimum Gasteiger partial charge on any atom is -0.497 e. The van der Waals surface area contributed by atoms with Crippen LogP contribution in [0.25, 0.3) is 22.2 Å². The van der Waals surface area contributed by atoms with Crippen LogP contribution in [0.4, 0.5) is 0 Å². The molecule has 2 saturated carbocycles. The zero-order chi connectivity index (χ0) is 42.5. The Balaban J connectivity index is 1.21. The molecule has 3 aromatic rings. The molecule has 13 nitrogen and oxygen atoms in total. The van der Waals surface area contributed by atoms with E-state index in [-0.39, 0.29) is 38.3 Å². The highest BCUT2D eigenvalue weighted by Crippen LogP contribution is 2.46. The topological polar surface area (TPSA) is 164 Å². The summed E-state index contributed by atoms with van der Waals surface area (Å²) < 4.78 is 56.6. The Kier molecular flexibility index (Phi) is 10.4. The summed E-state index contributed by atoms with van der Waals surface area (Å²) in [5, 5.41) is 2.85. The standard InChI is InChI=1S/C43H53N5O8S/c1-6-28-25-43(28,41(52)46-57(53,54)31-16-17-31)45-39(50)36-22-30(26-48(36)40(51)33(42(2,3)4)23-38(49)47-19-11-8-12-20-47)56-37-24-34(27-13-9-7-10-14-27)44-35-21-29(55-5)15-18-32(35)37/h6-7,9-10,13-15,18,21,24,28,30-31,33,36H,1,8,11-12,16-17,19-20,22-23,25-26H2,2-5H3,(H,45,50)(H,46,52)/t28-,30-,33-,36+,43-/m1/s1/i11D2. The second-order valence-corrected chi connectivity index (χ2v) is 18.7. The van der Waals surface area contributed by atoms with Gasteiger partial charge in [0.2, 0.25) is 27.7 Å². The molecule has 7 rings (SSSR count). The number of benzene rings is 2. The van der Waals surface area contributed by atoms with E-state index in [1.54, 1.807) is 19.2 Å². The largest absolute Gasteiger partial charge is 0.497 e. The summed E-state index contributed by atoms with van der Waals surface area (Å²) in [7, 11) is -2.36. The number of methoxy groups -OCH3 is 1. The Hall–Kier alpha value is -4.98.